The van der Waals surface area contributed by atoms with Crippen molar-refractivity contribution in [2.75, 3.05) is 0 Å². The lowest BCUT2D eigenvalue weighted by Gasteiger charge is -2.25. The third kappa shape index (κ3) is 6.94. The molecule has 4 nitrogen and oxygen atoms in total. The summed E-state index contributed by atoms with van der Waals surface area (Å²) in [5.41, 5.74) is 4.09. The van der Waals surface area contributed by atoms with Crippen LogP contribution in [0.3, 0.4) is 0 Å². The highest BCUT2D eigenvalue weighted by atomic mass is 32.2. The molecular weight excluding hydrogens is 406 g/mol. The van der Waals surface area contributed by atoms with Gasteiger partial charge in [-0.3, -0.25) is 0 Å². The highest BCUT2D eigenvalue weighted by Gasteiger charge is 2.43. The van der Waals surface area contributed by atoms with Crippen LogP contribution in [-0.4, -0.2) is 21.5 Å². The second-order valence-electron chi connectivity index (χ2n) is 10.4. The minimum atomic E-state index is -1.78. The number of carbonyl (C=O) groups is 1. The van der Waals surface area contributed by atoms with Crippen LogP contribution in [0.2, 0.25) is 0 Å². The van der Waals surface area contributed by atoms with E-state index in [1.807, 2.05) is 30.3 Å². The molecule has 0 aliphatic rings. The van der Waals surface area contributed by atoms with E-state index >= 15 is 0 Å². The number of hydrogen-bond donors (Lipinski definition) is 0. The lowest BCUT2D eigenvalue weighted by Crippen LogP contribution is -2.40. The van der Waals surface area contributed by atoms with Crippen LogP contribution >= 0.6 is 0 Å². The van der Waals surface area contributed by atoms with E-state index in [4.69, 9.17) is 4.74 Å². The summed E-state index contributed by atoms with van der Waals surface area (Å²) in [5.74, 6) is -0.536. The van der Waals surface area contributed by atoms with Crippen LogP contribution in [0.1, 0.15) is 77.6 Å². The number of ether oxygens (including phenoxy) is 1. The number of rotatable bonds is 6. The molecule has 0 heterocycles. The zero-order valence-corrected chi connectivity index (χ0v) is 20.8. The van der Waals surface area contributed by atoms with Gasteiger partial charge in [-0.05, 0) is 59.1 Å². The molecule has 0 unspecified atom stereocenters. The Hall–Kier alpha value is -2.11. The number of carbonyl (C=O) groups excluding carboxylic acids is 1. The van der Waals surface area contributed by atoms with Crippen molar-refractivity contribution in [2.45, 2.75) is 77.6 Å². The summed E-state index contributed by atoms with van der Waals surface area (Å²) in [5, 5.41) is 0. The summed E-state index contributed by atoms with van der Waals surface area (Å²) in [6.45, 7) is 16.3. The van der Waals surface area contributed by atoms with Crippen LogP contribution < -0.4 is 0 Å². The maximum atomic E-state index is 12.9. The second-order valence-corrected chi connectivity index (χ2v) is 12.1. The van der Waals surface area contributed by atoms with Crippen LogP contribution in [0.5, 0.6) is 0 Å². The third-order valence-electron chi connectivity index (χ3n) is 5.13. The number of esters is 1. The summed E-state index contributed by atoms with van der Waals surface area (Å²) < 4.78 is 21.2. The quantitative estimate of drug-likeness (QED) is 0.319. The fourth-order valence-corrected chi connectivity index (χ4v) is 3.48. The van der Waals surface area contributed by atoms with Gasteiger partial charge in [-0.15, -0.1) is 0 Å². The maximum absolute atomic E-state index is 12.9. The van der Waals surface area contributed by atoms with Gasteiger partial charge in [0.05, 0.1) is 6.21 Å². The van der Waals surface area contributed by atoms with Crippen LogP contribution in [0, 0.1) is 0 Å². The lowest BCUT2D eigenvalue weighted by molar-refractivity contribution is -0.147. The van der Waals surface area contributed by atoms with Gasteiger partial charge in [-0.25, -0.2) is 4.79 Å². The van der Waals surface area contributed by atoms with Crippen LogP contribution in [0.25, 0.3) is 0 Å². The Morgan fingerprint density at radius 3 is 1.94 bits per heavy atom. The van der Waals surface area contributed by atoms with Gasteiger partial charge in [-0.2, -0.15) is 0 Å². The summed E-state index contributed by atoms with van der Waals surface area (Å²) in [6, 6.07) is 15.8. The first-order chi connectivity index (χ1) is 14.2. The number of nitrogens with zero attached hydrogens (tertiary/aromatic N) is 1. The van der Waals surface area contributed by atoms with Gasteiger partial charge in [-0.1, -0.05) is 82.3 Å². The molecule has 2 aromatic carbocycles. The number of hydrogen-bond acceptors (Lipinski definition) is 4. The third-order valence-corrected chi connectivity index (χ3v) is 6.46. The minimum absolute atomic E-state index is 0.0243. The number of benzene rings is 2. The summed E-state index contributed by atoms with van der Waals surface area (Å²) >= 11 is -1.78. The molecule has 0 N–H and O–H groups in total. The molecule has 2 rings (SSSR count). The average molecular weight is 442 g/mol. The van der Waals surface area contributed by atoms with E-state index in [0.717, 1.165) is 11.1 Å². The van der Waals surface area contributed by atoms with E-state index in [1.165, 1.54) is 11.1 Å². The van der Waals surface area contributed by atoms with Crippen molar-refractivity contribution in [1.82, 2.24) is 0 Å². The van der Waals surface area contributed by atoms with Crippen molar-refractivity contribution in [2.24, 2.45) is 4.40 Å². The van der Waals surface area contributed by atoms with E-state index in [9.17, 15) is 9.35 Å². The van der Waals surface area contributed by atoms with Gasteiger partial charge in [0.15, 0.2) is 0 Å². The molecule has 0 amide bonds. The normalized spacial score (nSPS) is 14.0. The van der Waals surface area contributed by atoms with E-state index in [1.54, 1.807) is 20.1 Å². The molecule has 0 saturated heterocycles. The Labute approximate surface area is 190 Å². The molecule has 0 spiro atoms. The minimum Gasteiger partial charge on any atom is -0.590 e. The molecule has 31 heavy (non-hydrogen) atoms. The zero-order valence-electron chi connectivity index (χ0n) is 20.0. The molecule has 0 bridgehead atoms. The van der Waals surface area contributed by atoms with Gasteiger partial charge in [0.1, 0.15) is 18.0 Å². The predicted octanol–water partition coefficient (Wildman–Crippen LogP) is 5.89. The fourth-order valence-electron chi connectivity index (χ4n) is 2.80. The van der Waals surface area contributed by atoms with Crippen molar-refractivity contribution in [3.63, 3.8) is 0 Å². The molecule has 0 fully saturated rings. The first-order valence-electron chi connectivity index (χ1n) is 10.5. The monoisotopic (exact) mass is 441 g/mol. The van der Waals surface area contributed by atoms with Crippen molar-refractivity contribution in [1.29, 1.82) is 0 Å². The van der Waals surface area contributed by atoms with E-state index < -0.39 is 22.1 Å². The highest BCUT2D eigenvalue weighted by molar-refractivity contribution is 7.92. The first kappa shape index (κ1) is 25.2. The van der Waals surface area contributed by atoms with Crippen LogP contribution in [0.4, 0.5) is 0 Å². The fraction of sp³-hybridized carbons (Fsp3) is 0.462. The average Bonchev–Trinajstić information content (AvgIpc) is 2.69. The highest BCUT2D eigenvalue weighted by Crippen LogP contribution is 2.30. The molecule has 0 aliphatic heterocycles. The van der Waals surface area contributed by atoms with Gasteiger partial charge in [0.2, 0.25) is 4.75 Å². The van der Waals surface area contributed by atoms with Gasteiger partial charge in [0, 0.05) is 0 Å². The summed E-state index contributed by atoms with van der Waals surface area (Å²) in [4.78, 5) is 12.6. The molecule has 0 saturated carbocycles. The molecule has 0 aliphatic carbocycles. The Morgan fingerprint density at radius 1 is 0.935 bits per heavy atom. The Kier molecular flexibility index (Phi) is 7.77. The van der Waals surface area contributed by atoms with Gasteiger partial charge in [0.25, 0.3) is 0 Å². The molecule has 0 radical (unpaired) electrons. The summed E-state index contributed by atoms with van der Waals surface area (Å²) in [7, 11) is 0. The maximum Gasteiger partial charge on any atom is 0.365 e. The topological polar surface area (TPSA) is 61.7 Å². The SMILES string of the molecule is CC(C)(C)c1cc(/C=N/[S@+]([O-])C(C)(C)C(=O)OCc2ccccc2)cc(C(C)(C)C)c1. The zero-order chi connectivity index (χ0) is 23.4. The first-order valence-corrected chi connectivity index (χ1v) is 11.7. The van der Waals surface area contributed by atoms with Crippen molar-refractivity contribution in [3.8, 4) is 0 Å². The summed E-state index contributed by atoms with van der Waals surface area (Å²) in [6.07, 6.45) is 1.60. The molecule has 0 aromatic heterocycles. The Morgan fingerprint density at radius 2 is 1.45 bits per heavy atom. The van der Waals surface area contributed by atoms with Gasteiger partial charge < -0.3 is 9.29 Å². The molecule has 1 atom stereocenters. The largest absolute Gasteiger partial charge is 0.590 e. The van der Waals surface area contributed by atoms with Crippen molar-refractivity contribution < 1.29 is 14.1 Å². The second kappa shape index (κ2) is 9.58. The van der Waals surface area contributed by atoms with E-state index in [-0.39, 0.29) is 17.4 Å². The Balaban J connectivity index is 2.20. The molecule has 5 heteroatoms. The van der Waals surface area contributed by atoms with Gasteiger partial charge >= 0.3 is 5.97 Å². The molecule has 168 valence electrons. The van der Waals surface area contributed by atoms with Crippen LogP contribution in [-0.2, 0) is 38.3 Å². The standard InChI is InChI=1S/C26H35NO3S/c1-24(2,3)21-14-20(15-22(16-21)25(4,5)6)17-27-31(29)26(7,8)23(28)30-18-19-12-10-9-11-13-19/h9-17H,18H2,1-8H3/b27-17+/t31-/m1/s1. The van der Waals surface area contributed by atoms with E-state index in [0.29, 0.717) is 0 Å². The van der Waals surface area contributed by atoms with Crippen molar-refractivity contribution in [3.05, 3.63) is 70.8 Å². The van der Waals surface area contributed by atoms with E-state index in [2.05, 4.69) is 64.1 Å². The lowest BCUT2D eigenvalue weighted by atomic mass is 9.80. The smallest absolute Gasteiger partial charge is 0.365 e. The van der Waals surface area contributed by atoms with Crippen molar-refractivity contribution >= 4 is 23.5 Å². The predicted molar refractivity (Wildman–Crippen MR) is 130 cm³/mol. The molecular formula is C26H35NO3S. The Bertz CT molecular complexity index is 890. The molecule has 2 aromatic rings. The van der Waals surface area contributed by atoms with Crippen LogP contribution in [0.15, 0.2) is 52.9 Å².